The molecule has 3 heterocycles. The molecule has 0 saturated heterocycles. The molecule has 0 bridgehead atoms. The van der Waals surface area contributed by atoms with Crippen molar-refractivity contribution in [2.75, 3.05) is 6.54 Å². The summed E-state index contributed by atoms with van der Waals surface area (Å²) in [5, 5.41) is 14.8. The maximum absolute atomic E-state index is 13.0. The molecule has 22 heavy (non-hydrogen) atoms. The molecule has 7 heteroatoms. The van der Waals surface area contributed by atoms with Gasteiger partial charge in [-0.15, -0.1) is 21.5 Å². The second-order valence-corrected chi connectivity index (χ2v) is 6.11. The molecule has 0 amide bonds. The van der Waals surface area contributed by atoms with E-state index in [1.807, 2.05) is 5.38 Å². The molecule has 2 aromatic heterocycles. The van der Waals surface area contributed by atoms with Gasteiger partial charge in [0, 0.05) is 24.0 Å². The summed E-state index contributed by atoms with van der Waals surface area (Å²) in [6.45, 7) is 3.81. The number of benzene rings is 1. The second kappa shape index (κ2) is 5.26. The summed E-state index contributed by atoms with van der Waals surface area (Å²) < 4.78 is 15.1. The van der Waals surface area contributed by atoms with Crippen LogP contribution in [0, 0.1) is 5.82 Å². The maximum Gasteiger partial charge on any atom is 0.183 e. The fourth-order valence-electron chi connectivity index (χ4n) is 2.63. The Bertz CT molecular complexity index is 808. The molecule has 0 spiro atoms. The normalized spacial score (nSPS) is 17.5. The second-order valence-electron chi connectivity index (χ2n) is 5.25. The molecule has 1 atom stereocenters. The fraction of sp³-hybridized carbons (Fsp3) is 0.267. The van der Waals surface area contributed by atoms with E-state index < -0.39 is 0 Å². The zero-order valence-corrected chi connectivity index (χ0v) is 12.8. The molecule has 0 radical (unpaired) electrons. The molecule has 4 rings (SSSR count). The fourth-order valence-corrected chi connectivity index (χ4v) is 3.44. The predicted octanol–water partition coefficient (Wildman–Crippen LogP) is 2.87. The minimum Gasteiger partial charge on any atom is -0.307 e. The monoisotopic (exact) mass is 315 g/mol. The lowest BCUT2D eigenvalue weighted by Gasteiger charge is -2.21. The summed E-state index contributed by atoms with van der Waals surface area (Å²) in [6.07, 6.45) is 0. The highest BCUT2D eigenvalue weighted by atomic mass is 32.1. The van der Waals surface area contributed by atoms with Crippen molar-refractivity contribution in [1.82, 2.24) is 25.1 Å². The van der Waals surface area contributed by atoms with Crippen LogP contribution in [0.25, 0.3) is 22.1 Å². The molecule has 1 unspecified atom stereocenters. The average molecular weight is 315 g/mol. The van der Waals surface area contributed by atoms with Gasteiger partial charge >= 0.3 is 0 Å². The topological polar surface area (TPSA) is 55.6 Å². The molecule has 112 valence electrons. The number of thiazole rings is 1. The molecule has 0 fully saturated rings. The Hall–Kier alpha value is -2.12. The van der Waals surface area contributed by atoms with Crippen molar-refractivity contribution in [2.45, 2.75) is 19.5 Å². The number of nitrogens with one attached hydrogen (secondary N) is 1. The minimum atomic E-state index is -0.242. The van der Waals surface area contributed by atoms with Crippen LogP contribution < -0.4 is 5.32 Å². The van der Waals surface area contributed by atoms with Crippen LogP contribution in [0.2, 0.25) is 0 Å². The lowest BCUT2D eigenvalue weighted by molar-refractivity contribution is 0.439. The molecule has 5 nitrogen and oxygen atoms in total. The largest absolute Gasteiger partial charge is 0.307 e. The SMILES string of the molecule is CC1NCCn2c(-c3csc(-c4ccc(F)cc4)n3)nnc21. The maximum atomic E-state index is 13.0. The summed E-state index contributed by atoms with van der Waals surface area (Å²) in [4.78, 5) is 4.64. The van der Waals surface area contributed by atoms with Crippen molar-refractivity contribution in [3.05, 3.63) is 41.3 Å². The molecule has 3 aromatic rings. The first-order valence-electron chi connectivity index (χ1n) is 7.10. The number of rotatable bonds is 2. The number of hydrogen-bond donors (Lipinski definition) is 1. The summed E-state index contributed by atoms with van der Waals surface area (Å²) in [7, 11) is 0. The van der Waals surface area contributed by atoms with E-state index in [1.54, 1.807) is 12.1 Å². The third kappa shape index (κ3) is 2.22. The lowest BCUT2D eigenvalue weighted by Crippen LogP contribution is -2.32. The van der Waals surface area contributed by atoms with Gasteiger partial charge in [-0.25, -0.2) is 9.37 Å². The first-order chi connectivity index (χ1) is 10.7. The van der Waals surface area contributed by atoms with Crippen LogP contribution in [0.15, 0.2) is 29.6 Å². The van der Waals surface area contributed by atoms with Gasteiger partial charge in [0.1, 0.15) is 22.3 Å². The summed E-state index contributed by atoms with van der Waals surface area (Å²) in [5.74, 6) is 1.50. The number of aromatic nitrogens is 4. The standard InChI is InChI=1S/C15H14FN5S/c1-9-13-19-20-14(21(13)7-6-17-9)12-8-22-15(18-12)10-2-4-11(16)5-3-10/h2-5,8-9,17H,6-7H2,1H3. The van der Waals surface area contributed by atoms with Crippen LogP contribution in [-0.4, -0.2) is 26.3 Å². The van der Waals surface area contributed by atoms with Gasteiger partial charge in [-0.3, -0.25) is 0 Å². The van der Waals surface area contributed by atoms with Gasteiger partial charge in [0.05, 0.1) is 6.04 Å². The molecule has 0 aliphatic carbocycles. The first-order valence-corrected chi connectivity index (χ1v) is 7.98. The lowest BCUT2D eigenvalue weighted by atomic mass is 10.2. The van der Waals surface area contributed by atoms with E-state index in [1.165, 1.54) is 23.5 Å². The van der Waals surface area contributed by atoms with E-state index in [9.17, 15) is 4.39 Å². The van der Waals surface area contributed by atoms with Crippen LogP contribution in [0.3, 0.4) is 0 Å². The summed E-state index contributed by atoms with van der Waals surface area (Å²) in [6, 6.07) is 6.57. The third-order valence-corrected chi connectivity index (χ3v) is 4.67. The van der Waals surface area contributed by atoms with E-state index in [2.05, 4.69) is 32.0 Å². The number of fused-ring (bicyclic) bond motifs is 1. The average Bonchev–Trinajstić information content (AvgIpc) is 3.15. The highest BCUT2D eigenvalue weighted by Gasteiger charge is 2.23. The van der Waals surface area contributed by atoms with Gasteiger partial charge < -0.3 is 9.88 Å². The van der Waals surface area contributed by atoms with E-state index in [4.69, 9.17) is 0 Å². The van der Waals surface area contributed by atoms with Gasteiger partial charge in [0.25, 0.3) is 0 Å². The van der Waals surface area contributed by atoms with Gasteiger partial charge in [0.2, 0.25) is 0 Å². The first kappa shape index (κ1) is 13.5. The van der Waals surface area contributed by atoms with Gasteiger partial charge in [-0.1, -0.05) is 0 Å². The predicted molar refractivity (Wildman–Crippen MR) is 82.9 cm³/mol. The Morgan fingerprint density at radius 2 is 2.09 bits per heavy atom. The minimum absolute atomic E-state index is 0.199. The van der Waals surface area contributed by atoms with Crippen LogP contribution in [-0.2, 0) is 6.54 Å². The Labute approximate surface area is 130 Å². The van der Waals surface area contributed by atoms with Gasteiger partial charge in [-0.05, 0) is 31.2 Å². The van der Waals surface area contributed by atoms with E-state index in [0.717, 1.165) is 41.0 Å². The third-order valence-electron chi connectivity index (χ3n) is 3.78. The molecular formula is C15H14FN5S. The highest BCUT2D eigenvalue weighted by molar-refractivity contribution is 7.13. The molecule has 0 saturated carbocycles. The van der Waals surface area contributed by atoms with Crippen molar-refractivity contribution >= 4 is 11.3 Å². The summed E-state index contributed by atoms with van der Waals surface area (Å²) in [5.41, 5.74) is 1.73. The molecule has 1 aliphatic heterocycles. The molecule has 1 aromatic carbocycles. The van der Waals surface area contributed by atoms with Crippen molar-refractivity contribution < 1.29 is 4.39 Å². The molecular weight excluding hydrogens is 301 g/mol. The quantitative estimate of drug-likeness (QED) is 0.790. The zero-order chi connectivity index (χ0) is 15.1. The zero-order valence-electron chi connectivity index (χ0n) is 12.0. The van der Waals surface area contributed by atoms with Crippen LogP contribution in [0.5, 0.6) is 0 Å². The number of hydrogen-bond acceptors (Lipinski definition) is 5. The van der Waals surface area contributed by atoms with Gasteiger partial charge in [0.15, 0.2) is 5.82 Å². The Morgan fingerprint density at radius 1 is 1.27 bits per heavy atom. The number of halogens is 1. The van der Waals surface area contributed by atoms with Crippen molar-refractivity contribution in [3.8, 4) is 22.1 Å². The Kier molecular flexibility index (Phi) is 3.24. The van der Waals surface area contributed by atoms with E-state index in [-0.39, 0.29) is 11.9 Å². The molecule has 1 N–H and O–H groups in total. The smallest absolute Gasteiger partial charge is 0.183 e. The highest BCUT2D eigenvalue weighted by Crippen LogP contribution is 2.29. The van der Waals surface area contributed by atoms with E-state index in [0.29, 0.717) is 0 Å². The van der Waals surface area contributed by atoms with E-state index >= 15 is 0 Å². The van der Waals surface area contributed by atoms with Gasteiger partial charge in [-0.2, -0.15) is 0 Å². The van der Waals surface area contributed by atoms with Crippen LogP contribution >= 0.6 is 11.3 Å². The molecule has 1 aliphatic rings. The summed E-state index contributed by atoms with van der Waals surface area (Å²) >= 11 is 1.53. The number of nitrogens with zero attached hydrogens (tertiary/aromatic N) is 4. The van der Waals surface area contributed by atoms with Crippen molar-refractivity contribution in [2.24, 2.45) is 0 Å². The van der Waals surface area contributed by atoms with Crippen LogP contribution in [0.4, 0.5) is 4.39 Å². The Balaban J connectivity index is 1.72. The van der Waals surface area contributed by atoms with Crippen molar-refractivity contribution in [3.63, 3.8) is 0 Å². The van der Waals surface area contributed by atoms with Crippen molar-refractivity contribution in [1.29, 1.82) is 0 Å². The van der Waals surface area contributed by atoms with Crippen LogP contribution in [0.1, 0.15) is 18.8 Å². The Morgan fingerprint density at radius 3 is 2.91 bits per heavy atom.